The van der Waals surface area contributed by atoms with Gasteiger partial charge in [-0.3, -0.25) is 10.1 Å². The van der Waals surface area contributed by atoms with Crippen LogP contribution >= 0.6 is 12.4 Å². The number of rotatable bonds is 3. The molecule has 7 heteroatoms. The van der Waals surface area contributed by atoms with E-state index >= 15 is 0 Å². The summed E-state index contributed by atoms with van der Waals surface area (Å²) in [5.41, 5.74) is -0.106. The van der Waals surface area contributed by atoms with E-state index in [2.05, 4.69) is 0 Å². The lowest BCUT2D eigenvalue weighted by Crippen LogP contribution is -2.10. The largest absolute Gasteiger partial charge is 0.477 e. The van der Waals surface area contributed by atoms with Crippen molar-refractivity contribution in [1.29, 1.82) is 0 Å². The van der Waals surface area contributed by atoms with Crippen molar-refractivity contribution < 1.29 is 14.8 Å². The Bertz CT molecular complexity index is 420. The van der Waals surface area contributed by atoms with E-state index in [0.717, 1.165) is 0 Å². The van der Waals surface area contributed by atoms with Crippen molar-refractivity contribution in [3.8, 4) is 0 Å². The molecule has 0 radical (unpaired) electrons. The first kappa shape index (κ1) is 14.2. The van der Waals surface area contributed by atoms with Crippen molar-refractivity contribution in [2.45, 2.75) is 0 Å². The molecule has 1 aromatic rings. The number of hydrogen-bond acceptors (Lipinski definition) is 4. The summed E-state index contributed by atoms with van der Waals surface area (Å²) in [6, 6.07) is 4.00. The van der Waals surface area contributed by atoms with Gasteiger partial charge in [0.2, 0.25) is 0 Å². The van der Waals surface area contributed by atoms with Crippen LogP contribution in [0.1, 0.15) is 10.4 Å². The average molecular weight is 247 g/mol. The van der Waals surface area contributed by atoms with Gasteiger partial charge in [-0.15, -0.1) is 12.4 Å². The van der Waals surface area contributed by atoms with Gasteiger partial charge in [0.05, 0.1) is 4.92 Å². The highest BCUT2D eigenvalue weighted by Crippen LogP contribution is 2.24. The molecule has 0 aliphatic carbocycles. The Labute approximate surface area is 98.0 Å². The molecule has 0 spiro atoms. The van der Waals surface area contributed by atoms with E-state index in [9.17, 15) is 14.9 Å². The van der Waals surface area contributed by atoms with E-state index in [0.29, 0.717) is 5.69 Å². The van der Waals surface area contributed by atoms with Crippen LogP contribution in [0.2, 0.25) is 0 Å². The molecule has 1 N–H and O–H groups in total. The third kappa shape index (κ3) is 2.83. The molecule has 0 amide bonds. The first-order valence-electron chi connectivity index (χ1n) is 4.12. The molecule has 6 nitrogen and oxygen atoms in total. The van der Waals surface area contributed by atoms with Gasteiger partial charge in [0.15, 0.2) is 0 Å². The minimum atomic E-state index is -1.30. The summed E-state index contributed by atoms with van der Waals surface area (Å²) < 4.78 is 0. The summed E-state index contributed by atoms with van der Waals surface area (Å²) in [6.07, 6.45) is 0. The Morgan fingerprint density at radius 1 is 1.44 bits per heavy atom. The number of carboxylic acids is 1. The van der Waals surface area contributed by atoms with Gasteiger partial charge in [-0.25, -0.2) is 4.79 Å². The van der Waals surface area contributed by atoms with Crippen molar-refractivity contribution in [2.24, 2.45) is 0 Å². The molecule has 1 aromatic carbocycles. The first-order chi connectivity index (χ1) is 6.93. The number of nitro groups is 1. The third-order valence-electron chi connectivity index (χ3n) is 1.92. The fraction of sp³-hybridized carbons (Fsp3) is 0.222. The van der Waals surface area contributed by atoms with Crippen LogP contribution in [-0.2, 0) is 0 Å². The van der Waals surface area contributed by atoms with Crippen molar-refractivity contribution in [3.63, 3.8) is 0 Å². The summed E-state index contributed by atoms with van der Waals surface area (Å²) >= 11 is 0. The number of carboxylic acid groups (broad SMARTS) is 1. The van der Waals surface area contributed by atoms with Crippen molar-refractivity contribution in [1.82, 2.24) is 0 Å². The molecule has 0 aliphatic heterocycles. The highest BCUT2D eigenvalue weighted by Gasteiger charge is 2.20. The van der Waals surface area contributed by atoms with Gasteiger partial charge in [0.25, 0.3) is 5.69 Å². The molecule has 0 aliphatic rings. The second kappa shape index (κ2) is 5.32. The second-order valence-electron chi connectivity index (χ2n) is 3.16. The number of nitrogens with zero attached hydrogens (tertiary/aromatic N) is 2. The topological polar surface area (TPSA) is 83.7 Å². The Morgan fingerprint density at radius 3 is 2.38 bits per heavy atom. The van der Waals surface area contributed by atoms with E-state index in [4.69, 9.17) is 5.11 Å². The predicted molar refractivity (Wildman–Crippen MR) is 61.6 cm³/mol. The molecular formula is C9H11ClN2O4. The molecule has 0 atom stereocenters. The molecular weight excluding hydrogens is 236 g/mol. The van der Waals surface area contributed by atoms with Crippen LogP contribution in [0, 0.1) is 10.1 Å². The van der Waals surface area contributed by atoms with Crippen LogP contribution in [0.15, 0.2) is 18.2 Å². The number of hydrogen-bond donors (Lipinski definition) is 1. The monoisotopic (exact) mass is 246 g/mol. The normalized spacial score (nSPS) is 9.12. The average Bonchev–Trinajstić information content (AvgIpc) is 2.16. The zero-order chi connectivity index (χ0) is 11.6. The quantitative estimate of drug-likeness (QED) is 0.649. The van der Waals surface area contributed by atoms with Crippen LogP contribution in [0.25, 0.3) is 0 Å². The van der Waals surface area contributed by atoms with Gasteiger partial charge in [-0.1, -0.05) is 0 Å². The lowest BCUT2D eigenvalue weighted by atomic mass is 10.1. The Morgan fingerprint density at radius 2 is 2.00 bits per heavy atom. The zero-order valence-electron chi connectivity index (χ0n) is 8.71. The maximum absolute atomic E-state index is 10.7. The Balaban J connectivity index is 0.00000225. The smallest absolute Gasteiger partial charge is 0.342 e. The van der Waals surface area contributed by atoms with Gasteiger partial charge in [-0.2, -0.15) is 0 Å². The van der Waals surface area contributed by atoms with Gasteiger partial charge in [-0.05, 0) is 12.1 Å². The summed E-state index contributed by atoms with van der Waals surface area (Å²) in [5, 5.41) is 19.4. The molecule has 0 saturated carbocycles. The fourth-order valence-corrected chi connectivity index (χ4v) is 1.13. The standard InChI is InChI=1S/C9H10N2O4.ClH/c1-10(2)6-3-4-7(9(12)13)8(5-6)11(14)15;/h3-5H,1-2H3,(H,12,13);1H. The van der Waals surface area contributed by atoms with E-state index in [1.165, 1.54) is 18.2 Å². The van der Waals surface area contributed by atoms with E-state index in [1.54, 1.807) is 19.0 Å². The predicted octanol–water partition coefficient (Wildman–Crippen LogP) is 1.78. The number of nitro benzene ring substituents is 1. The number of benzene rings is 1. The van der Waals surface area contributed by atoms with E-state index < -0.39 is 16.6 Å². The zero-order valence-corrected chi connectivity index (χ0v) is 9.52. The number of aromatic carboxylic acids is 1. The molecule has 0 bridgehead atoms. The minimum absolute atomic E-state index is 0. The van der Waals surface area contributed by atoms with E-state index in [-0.39, 0.29) is 18.0 Å². The first-order valence-corrected chi connectivity index (χ1v) is 4.12. The molecule has 0 aromatic heterocycles. The summed E-state index contributed by atoms with van der Waals surface area (Å²) in [5.74, 6) is -1.30. The SMILES string of the molecule is CN(C)c1ccc(C(=O)O)c([N+](=O)[O-])c1.Cl. The van der Waals surface area contributed by atoms with Gasteiger partial charge >= 0.3 is 5.97 Å². The molecule has 1 rings (SSSR count). The molecule has 0 heterocycles. The molecule has 0 saturated heterocycles. The maximum atomic E-state index is 10.7. The van der Waals surface area contributed by atoms with Gasteiger partial charge in [0.1, 0.15) is 5.56 Å². The lowest BCUT2D eigenvalue weighted by Gasteiger charge is -2.12. The molecule has 0 unspecified atom stereocenters. The number of anilines is 1. The van der Waals surface area contributed by atoms with Crippen LogP contribution < -0.4 is 4.90 Å². The van der Waals surface area contributed by atoms with Crippen LogP contribution in [0.5, 0.6) is 0 Å². The maximum Gasteiger partial charge on any atom is 0.342 e. The second-order valence-corrected chi connectivity index (χ2v) is 3.16. The lowest BCUT2D eigenvalue weighted by molar-refractivity contribution is -0.385. The minimum Gasteiger partial charge on any atom is -0.477 e. The summed E-state index contributed by atoms with van der Waals surface area (Å²) in [6.45, 7) is 0. The Kier molecular flexibility index (Phi) is 4.71. The van der Waals surface area contributed by atoms with Crippen LogP contribution in [0.3, 0.4) is 0 Å². The molecule has 0 fully saturated rings. The van der Waals surface area contributed by atoms with Gasteiger partial charge < -0.3 is 10.0 Å². The highest BCUT2D eigenvalue weighted by molar-refractivity contribution is 5.93. The Hall–Kier alpha value is -1.82. The van der Waals surface area contributed by atoms with Crippen LogP contribution in [-0.4, -0.2) is 30.1 Å². The summed E-state index contributed by atoms with van der Waals surface area (Å²) in [4.78, 5) is 22.3. The fourth-order valence-electron chi connectivity index (χ4n) is 1.13. The number of carbonyl (C=O) groups is 1. The summed E-state index contributed by atoms with van der Waals surface area (Å²) in [7, 11) is 3.44. The van der Waals surface area contributed by atoms with E-state index in [1.807, 2.05) is 0 Å². The molecule has 16 heavy (non-hydrogen) atoms. The highest BCUT2D eigenvalue weighted by atomic mass is 35.5. The number of halogens is 1. The van der Waals surface area contributed by atoms with Gasteiger partial charge in [0, 0.05) is 25.8 Å². The van der Waals surface area contributed by atoms with Crippen molar-refractivity contribution >= 4 is 29.8 Å². The molecule has 88 valence electrons. The third-order valence-corrected chi connectivity index (χ3v) is 1.92. The van der Waals surface area contributed by atoms with Crippen LogP contribution in [0.4, 0.5) is 11.4 Å². The van der Waals surface area contributed by atoms with Crippen molar-refractivity contribution in [3.05, 3.63) is 33.9 Å². The van der Waals surface area contributed by atoms with Crippen molar-refractivity contribution in [2.75, 3.05) is 19.0 Å².